The first-order chi connectivity index (χ1) is 6.64. The minimum Gasteiger partial charge on any atom is -0.413 e. The highest BCUT2D eigenvalue weighted by atomic mass is 28.4. The Morgan fingerprint density at radius 3 is 2.07 bits per heavy atom. The lowest BCUT2D eigenvalue weighted by atomic mass is 10.3. The lowest BCUT2D eigenvalue weighted by molar-refractivity contribution is 0.321. The molecule has 84 valence electrons. The van der Waals surface area contributed by atoms with Crippen LogP contribution in [0.5, 0.6) is 0 Å². The molecule has 0 aliphatic heterocycles. The van der Waals surface area contributed by atoms with Gasteiger partial charge in [-0.05, 0) is 25.1 Å². The van der Waals surface area contributed by atoms with Crippen molar-refractivity contribution in [2.45, 2.75) is 45.8 Å². The molecule has 0 rings (SSSR count). The van der Waals surface area contributed by atoms with Crippen molar-refractivity contribution in [1.29, 1.82) is 0 Å². The fourth-order valence-corrected chi connectivity index (χ4v) is 4.18. The fraction of sp³-hybridized carbons (Fsp3) is 0.818. The molecule has 0 saturated heterocycles. The monoisotopic (exact) mass is 216 g/mol. The van der Waals surface area contributed by atoms with E-state index in [1.807, 2.05) is 13.0 Å². The van der Waals surface area contributed by atoms with Gasteiger partial charge in [0.15, 0.2) is 8.32 Å². The molecule has 3 heteroatoms. The Hall–Kier alpha value is -0.123. The topological polar surface area (TPSA) is 29.5 Å². The summed E-state index contributed by atoms with van der Waals surface area (Å²) in [6.45, 7) is 9.51. The van der Waals surface area contributed by atoms with Crippen LogP contribution in [-0.2, 0) is 4.43 Å². The summed E-state index contributed by atoms with van der Waals surface area (Å²) in [7, 11) is -1.43. The molecule has 0 aromatic carbocycles. The highest BCUT2D eigenvalue weighted by Gasteiger charge is 2.28. The van der Waals surface area contributed by atoms with E-state index in [0.717, 1.165) is 5.57 Å². The van der Waals surface area contributed by atoms with Crippen molar-refractivity contribution in [2.24, 2.45) is 0 Å². The quantitative estimate of drug-likeness (QED) is 0.524. The summed E-state index contributed by atoms with van der Waals surface area (Å²) >= 11 is 0. The Bertz CT molecular complexity index is 166. The van der Waals surface area contributed by atoms with E-state index in [1.54, 1.807) is 0 Å². The Morgan fingerprint density at radius 1 is 1.21 bits per heavy atom. The van der Waals surface area contributed by atoms with Crippen LogP contribution in [-0.4, -0.2) is 26.6 Å². The van der Waals surface area contributed by atoms with E-state index in [0.29, 0.717) is 6.61 Å². The molecular formula is C11H24O2Si. The first kappa shape index (κ1) is 13.9. The van der Waals surface area contributed by atoms with E-state index >= 15 is 0 Å². The third-order valence-electron chi connectivity index (χ3n) is 2.98. The molecule has 0 heterocycles. The van der Waals surface area contributed by atoms with Crippen LogP contribution in [0.2, 0.25) is 18.1 Å². The zero-order valence-electron chi connectivity index (χ0n) is 9.97. The van der Waals surface area contributed by atoms with Gasteiger partial charge in [-0.2, -0.15) is 0 Å². The lowest BCUT2D eigenvalue weighted by Gasteiger charge is -2.28. The number of hydrogen-bond acceptors (Lipinski definition) is 2. The Balaban J connectivity index is 4.12. The van der Waals surface area contributed by atoms with Gasteiger partial charge in [0, 0.05) is 0 Å². The van der Waals surface area contributed by atoms with Gasteiger partial charge < -0.3 is 9.53 Å². The van der Waals surface area contributed by atoms with Gasteiger partial charge in [-0.25, -0.2) is 0 Å². The van der Waals surface area contributed by atoms with Gasteiger partial charge >= 0.3 is 0 Å². The van der Waals surface area contributed by atoms with Crippen LogP contribution >= 0.6 is 0 Å². The first-order valence-electron chi connectivity index (χ1n) is 5.54. The largest absolute Gasteiger partial charge is 0.413 e. The van der Waals surface area contributed by atoms with E-state index in [1.165, 1.54) is 18.1 Å². The smallest absolute Gasteiger partial charge is 0.192 e. The summed E-state index contributed by atoms with van der Waals surface area (Å²) in [4.78, 5) is 0. The molecule has 0 fully saturated rings. The van der Waals surface area contributed by atoms with Gasteiger partial charge in [-0.15, -0.1) is 0 Å². The van der Waals surface area contributed by atoms with Crippen LogP contribution in [0.25, 0.3) is 0 Å². The molecular weight excluding hydrogens is 192 g/mol. The van der Waals surface area contributed by atoms with Crippen molar-refractivity contribution in [2.75, 3.05) is 13.2 Å². The standard InChI is InChI=1S/C11H24O2Si/c1-5-14(6-2,7-3)13-10-11(4)8-9-12/h8,12H,5-7,9-10H2,1-4H3/b11-8+. The lowest BCUT2D eigenvalue weighted by Crippen LogP contribution is -2.36. The second-order valence-electron chi connectivity index (χ2n) is 3.77. The van der Waals surface area contributed by atoms with E-state index < -0.39 is 8.32 Å². The van der Waals surface area contributed by atoms with Gasteiger partial charge in [0.05, 0.1) is 13.2 Å². The predicted molar refractivity (Wildman–Crippen MR) is 64.0 cm³/mol. The maximum Gasteiger partial charge on any atom is 0.192 e. The second kappa shape index (κ2) is 7.21. The van der Waals surface area contributed by atoms with Crippen molar-refractivity contribution < 1.29 is 9.53 Å². The fourth-order valence-electron chi connectivity index (χ4n) is 1.54. The normalized spacial score (nSPS) is 13.4. The maximum atomic E-state index is 8.72. The van der Waals surface area contributed by atoms with Crippen molar-refractivity contribution in [3.05, 3.63) is 11.6 Å². The zero-order valence-corrected chi connectivity index (χ0v) is 11.0. The summed E-state index contributed by atoms with van der Waals surface area (Å²) in [6.07, 6.45) is 1.82. The highest BCUT2D eigenvalue weighted by molar-refractivity contribution is 6.73. The second-order valence-corrected chi connectivity index (χ2v) is 8.54. The summed E-state index contributed by atoms with van der Waals surface area (Å²) in [6, 6.07) is 3.56. The van der Waals surface area contributed by atoms with Crippen molar-refractivity contribution >= 4 is 8.32 Å². The highest BCUT2D eigenvalue weighted by Crippen LogP contribution is 2.22. The maximum absolute atomic E-state index is 8.72. The summed E-state index contributed by atoms with van der Waals surface area (Å²) in [5.74, 6) is 0. The van der Waals surface area contributed by atoms with Crippen LogP contribution in [0.15, 0.2) is 11.6 Å². The Kier molecular flexibility index (Phi) is 7.14. The molecule has 0 aliphatic rings. The van der Waals surface area contributed by atoms with Crippen LogP contribution < -0.4 is 0 Å². The molecule has 0 aromatic rings. The average Bonchev–Trinajstić information content (AvgIpc) is 2.21. The van der Waals surface area contributed by atoms with E-state index in [4.69, 9.17) is 9.53 Å². The summed E-state index contributed by atoms with van der Waals surface area (Å²) < 4.78 is 6.05. The molecule has 0 unspecified atom stereocenters. The van der Waals surface area contributed by atoms with Gasteiger partial charge in [0.2, 0.25) is 0 Å². The third-order valence-corrected chi connectivity index (χ3v) is 7.60. The number of hydrogen-bond donors (Lipinski definition) is 1. The van der Waals surface area contributed by atoms with Crippen LogP contribution in [0, 0.1) is 0 Å². The van der Waals surface area contributed by atoms with E-state index in [2.05, 4.69) is 20.8 Å². The summed E-state index contributed by atoms with van der Waals surface area (Å²) in [5, 5.41) is 8.72. The Morgan fingerprint density at radius 2 is 1.71 bits per heavy atom. The van der Waals surface area contributed by atoms with Crippen LogP contribution in [0.4, 0.5) is 0 Å². The number of aliphatic hydroxyl groups excluding tert-OH is 1. The van der Waals surface area contributed by atoms with E-state index in [9.17, 15) is 0 Å². The summed E-state index contributed by atoms with van der Waals surface area (Å²) in [5.41, 5.74) is 1.14. The molecule has 0 bridgehead atoms. The van der Waals surface area contributed by atoms with Crippen molar-refractivity contribution in [3.63, 3.8) is 0 Å². The van der Waals surface area contributed by atoms with Gasteiger partial charge in [0.1, 0.15) is 0 Å². The molecule has 0 saturated carbocycles. The van der Waals surface area contributed by atoms with Gasteiger partial charge in [-0.1, -0.05) is 32.4 Å². The molecule has 1 N–H and O–H groups in total. The molecule has 0 radical (unpaired) electrons. The van der Waals surface area contributed by atoms with Crippen molar-refractivity contribution in [1.82, 2.24) is 0 Å². The third kappa shape index (κ3) is 4.40. The minimum atomic E-state index is -1.43. The zero-order chi connectivity index (χ0) is 11.0. The average molecular weight is 216 g/mol. The van der Waals surface area contributed by atoms with E-state index in [-0.39, 0.29) is 6.61 Å². The van der Waals surface area contributed by atoms with Crippen LogP contribution in [0.3, 0.4) is 0 Å². The number of rotatable bonds is 7. The first-order valence-corrected chi connectivity index (χ1v) is 8.07. The predicted octanol–water partition coefficient (Wildman–Crippen LogP) is 2.95. The Labute approximate surface area is 89.1 Å². The molecule has 0 aliphatic carbocycles. The number of aliphatic hydroxyl groups is 1. The van der Waals surface area contributed by atoms with Gasteiger partial charge in [0.25, 0.3) is 0 Å². The molecule has 0 atom stereocenters. The molecule has 0 amide bonds. The SMILES string of the molecule is CC[Si](CC)(CC)OC/C(C)=C/CO. The molecule has 0 aromatic heterocycles. The molecule has 2 nitrogen and oxygen atoms in total. The van der Waals surface area contributed by atoms with Gasteiger partial charge in [-0.3, -0.25) is 0 Å². The molecule has 0 spiro atoms. The van der Waals surface area contributed by atoms with Crippen molar-refractivity contribution in [3.8, 4) is 0 Å². The minimum absolute atomic E-state index is 0.119. The van der Waals surface area contributed by atoms with Crippen LogP contribution in [0.1, 0.15) is 27.7 Å². The molecule has 14 heavy (non-hydrogen) atoms.